The Kier molecular flexibility index (Phi) is 12.0. The van der Waals surface area contributed by atoms with Gasteiger partial charge in [0.05, 0.1) is 73.1 Å². The number of piperazine rings is 1. The van der Waals surface area contributed by atoms with E-state index in [1.807, 2.05) is 48.5 Å². The van der Waals surface area contributed by atoms with Gasteiger partial charge in [0.25, 0.3) is 23.6 Å². The van der Waals surface area contributed by atoms with E-state index in [9.17, 15) is 28.8 Å². The van der Waals surface area contributed by atoms with Crippen LogP contribution in [0.1, 0.15) is 44.8 Å². The number of nitrogens with zero attached hydrogens (tertiary/aromatic N) is 5. The van der Waals surface area contributed by atoms with Crippen molar-refractivity contribution in [2.75, 3.05) is 89.1 Å². The van der Waals surface area contributed by atoms with Gasteiger partial charge in [-0.3, -0.25) is 49.2 Å². The molecule has 6 amide bonds. The molecule has 324 valence electrons. The van der Waals surface area contributed by atoms with Crippen molar-refractivity contribution < 1.29 is 43.0 Å². The lowest BCUT2D eigenvalue weighted by atomic mass is 9.97. The van der Waals surface area contributed by atoms with E-state index < -0.39 is 41.5 Å². The first-order valence-corrected chi connectivity index (χ1v) is 21.0. The highest BCUT2D eigenvalue weighted by molar-refractivity contribution is 6.50. The zero-order valence-electron chi connectivity index (χ0n) is 34.3. The molecule has 0 spiro atoms. The Morgan fingerprint density at radius 2 is 1.40 bits per heavy atom. The first-order valence-electron chi connectivity index (χ1n) is 21.0. The highest BCUT2D eigenvalue weighted by atomic mass is 16.5. The number of anilines is 2. The SMILES string of the molecule is O=C1CCC(N2C(=O)c3cccc(NCCOCCOCCOCCN4CCN(c5nc(C6=C(c7c[nH]c8ccccc78)C(=O)NC6=O)c6ccccc6n5)CC4)c3C2=O)C(=O)N1. The minimum atomic E-state index is -1.02. The first kappa shape index (κ1) is 41.5. The molecule has 18 heteroatoms. The van der Waals surface area contributed by atoms with E-state index in [1.54, 1.807) is 24.4 Å². The molecule has 0 aliphatic carbocycles. The number of rotatable bonds is 17. The van der Waals surface area contributed by atoms with Crippen LogP contribution in [-0.2, 0) is 33.4 Å². The number of imide groups is 3. The summed E-state index contributed by atoms with van der Waals surface area (Å²) in [5.41, 5.74) is 4.02. The van der Waals surface area contributed by atoms with E-state index in [4.69, 9.17) is 24.2 Å². The van der Waals surface area contributed by atoms with Crippen LogP contribution in [0.25, 0.3) is 33.0 Å². The Bertz CT molecular complexity index is 2670. The van der Waals surface area contributed by atoms with Gasteiger partial charge in [-0.15, -0.1) is 0 Å². The van der Waals surface area contributed by atoms with Gasteiger partial charge < -0.3 is 29.4 Å². The van der Waals surface area contributed by atoms with Crippen molar-refractivity contribution >= 4 is 80.0 Å². The second-order valence-corrected chi connectivity index (χ2v) is 15.4. The predicted octanol–water partition coefficient (Wildman–Crippen LogP) is 2.36. The summed E-state index contributed by atoms with van der Waals surface area (Å²) in [4.78, 5) is 95.4. The van der Waals surface area contributed by atoms with Crippen LogP contribution in [0.4, 0.5) is 11.6 Å². The third kappa shape index (κ3) is 8.40. The molecule has 2 fully saturated rings. The zero-order valence-corrected chi connectivity index (χ0v) is 34.3. The molecule has 0 radical (unpaired) electrons. The molecule has 6 heterocycles. The summed E-state index contributed by atoms with van der Waals surface area (Å²) < 4.78 is 17.2. The molecule has 1 unspecified atom stereocenters. The fraction of sp³-hybridized carbons (Fsp3) is 0.333. The molecule has 2 saturated heterocycles. The molecule has 1 atom stereocenters. The van der Waals surface area contributed by atoms with Crippen LogP contribution in [-0.4, -0.2) is 145 Å². The van der Waals surface area contributed by atoms with Gasteiger partial charge in [-0.05, 0) is 30.7 Å². The topological polar surface area (TPSA) is 217 Å². The molecular formula is C45H45N9O9. The number of H-pyrrole nitrogens is 1. The van der Waals surface area contributed by atoms with Crippen molar-refractivity contribution in [3.05, 3.63) is 95.3 Å². The van der Waals surface area contributed by atoms with E-state index >= 15 is 0 Å². The molecule has 63 heavy (non-hydrogen) atoms. The van der Waals surface area contributed by atoms with Crippen molar-refractivity contribution in [2.24, 2.45) is 0 Å². The van der Waals surface area contributed by atoms with E-state index in [0.29, 0.717) is 93.1 Å². The maximum absolute atomic E-state index is 13.4. The van der Waals surface area contributed by atoms with Crippen molar-refractivity contribution in [1.82, 2.24) is 35.4 Å². The van der Waals surface area contributed by atoms with Crippen LogP contribution in [0, 0.1) is 0 Å². The average molecular weight is 856 g/mol. The summed E-state index contributed by atoms with van der Waals surface area (Å²) in [5.74, 6) is -2.64. The third-order valence-electron chi connectivity index (χ3n) is 11.6. The van der Waals surface area contributed by atoms with Gasteiger partial charge in [0.1, 0.15) is 6.04 Å². The van der Waals surface area contributed by atoms with E-state index in [1.165, 1.54) is 0 Å². The Labute approximate surface area is 360 Å². The molecule has 18 nitrogen and oxygen atoms in total. The van der Waals surface area contributed by atoms with Gasteiger partial charge in [-0.25, -0.2) is 9.97 Å². The molecule has 5 aromatic rings. The lowest BCUT2D eigenvalue weighted by Gasteiger charge is -2.34. The van der Waals surface area contributed by atoms with Gasteiger partial charge in [-0.2, -0.15) is 0 Å². The van der Waals surface area contributed by atoms with Gasteiger partial charge in [0.2, 0.25) is 17.8 Å². The standard InChI is InChI=1S/C45H45N9O9/c55-35-13-12-34(40(56)49-35)54-43(59)29-8-5-11-33(36(29)44(54)60)46-14-20-61-22-24-63-25-23-62-21-19-52-15-17-53(18-16-52)45-48-32-10-4-2-7-28(32)39(50-45)38-37(41(57)51-42(38)58)30-26-47-31-9-3-1-6-27(30)31/h1-11,26,34,46-47H,12-25H2,(H,49,55,56)(H,51,57,58). The van der Waals surface area contributed by atoms with Crippen LogP contribution in [0.2, 0.25) is 0 Å². The largest absolute Gasteiger partial charge is 0.382 e. The van der Waals surface area contributed by atoms with E-state index in [-0.39, 0.29) is 35.1 Å². The highest BCUT2D eigenvalue weighted by Gasteiger charge is 2.45. The summed E-state index contributed by atoms with van der Waals surface area (Å²) >= 11 is 0. The Balaban J connectivity index is 0.692. The van der Waals surface area contributed by atoms with Crippen LogP contribution in [0.5, 0.6) is 0 Å². The number of hydrogen-bond acceptors (Lipinski definition) is 14. The second-order valence-electron chi connectivity index (χ2n) is 15.4. The van der Waals surface area contributed by atoms with Crippen LogP contribution in [0.3, 0.4) is 0 Å². The summed E-state index contributed by atoms with van der Waals surface area (Å²) in [6.45, 7) is 6.44. The number of para-hydroxylation sites is 2. The number of aromatic nitrogens is 3. The molecule has 2 aromatic heterocycles. The minimum Gasteiger partial charge on any atom is -0.382 e. The van der Waals surface area contributed by atoms with Crippen molar-refractivity contribution in [1.29, 1.82) is 0 Å². The molecule has 3 aromatic carbocycles. The minimum absolute atomic E-state index is 0.0569. The molecule has 4 aliphatic rings. The fourth-order valence-corrected chi connectivity index (χ4v) is 8.44. The Hall–Kier alpha value is -6.86. The van der Waals surface area contributed by atoms with Crippen molar-refractivity contribution in [3.63, 3.8) is 0 Å². The number of fused-ring (bicyclic) bond motifs is 3. The number of ether oxygens (including phenoxy) is 3. The molecule has 4 aliphatic heterocycles. The van der Waals surface area contributed by atoms with Gasteiger partial charge >= 0.3 is 0 Å². The van der Waals surface area contributed by atoms with Gasteiger partial charge in [0, 0.05) is 79.4 Å². The number of aromatic amines is 1. The fourth-order valence-electron chi connectivity index (χ4n) is 8.44. The van der Waals surface area contributed by atoms with Gasteiger partial charge in [-0.1, -0.05) is 42.5 Å². The number of benzene rings is 3. The monoisotopic (exact) mass is 855 g/mol. The maximum atomic E-state index is 13.4. The summed E-state index contributed by atoms with van der Waals surface area (Å²) in [5, 5.41) is 9.39. The number of hydrogen-bond donors (Lipinski definition) is 4. The number of nitrogens with one attached hydrogen (secondary N) is 4. The molecule has 0 saturated carbocycles. The third-order valence-corrected chi connectivity index (χ3v) is 11.6. The summed E-state index contributed by atoms with van der Waals surface area (Å²) in [7, 11) is 0. The van der Waals surface area contributed by atoms with E-state index in [0.717, 1.165) is 35.4 Å². The molecule has 4 N–H and O–H groups in total. The highest BCUT2D eigenvalue weighted by Crippen LogP contribution is 2.37. The van der Waals surface area contributed by atoms with Crippen molar-refractivity contribution in [3.8, 4) is 0 Å². The molecule has 9 rings (SSSR count). The molecule has 0 bridgehead atoms. The summed E-state index contributed by atoms with van der Waals surface area (Å²) in [6.07, 6.45) is 1.91. The average Bonchev–Trinajstić information content (AvgIpc) is 3.93. The van der Waals surface area contributed by atoms with Crippen LogP contribution < -0.4 is 20.9 Å². The number of piperidine rings is 1. The van der Waals surface area contributed by atoms with E-state index in [2.05, 4.69) is 30.7 Å². The zero-order chi connectivity index (χ0) is 43.5. The van der Waals surface area contributed by atoms with Crippen LogP contribution in [0.15, 0.2) is 72.9 Å². The van der Waals surface area contributed by atoms with Gasteiger partial charge in [0.15, 0.2) is 0 Å². The quantitative estimate of drug-likeness (QED) is 0.0781. The van der Waals surface area contributed by atoms with Crippen LogP contribution >= 0.6 is 0 Å². The lowest BCUT2D eigenvalue weighted by Crippen LogP contribution is -2.54. The summed E-state index contributed by atoms with van der Waals surface area (Å²) in [6, 6.07) is 19.1. The lowest BCUT2D eigenvalue weighted by molar-refractivity contribution is -0.136. The number of amides is 6. The Morgan fingerprint density at radius 3 is 2.19 bits per heavy atom. The normalized spacial score (nSPS) is 18.3. The molecular weight excluding hydrogens is 811 g/mol. The smallest absolute Gasteiger partial charge is 0.264 e. The Morgan fingerprint density at radius 1 is 0.683 bits per heavy atom. The maximum Gasteiger partial charge on any atom is 0.264 e. The predicted molar refractivity (Wildman–Crippen MR) is 231 cm³/mol. The van der Waals surface area contributed by atoms with Crippen molar-refractivity contribution in [2.45, 2.75) is 18.9 Å². The first-order chi connectivity index (χ1) is 30.8. The number of carbonyl (C=O) groups excluding carboxylic acids is 6. The number of carbonyl (C=O) groups is 6. The second kappa shape index (κ2) is 18.2.